The Labute approximate surface area is 349 Å². The fraction of sp³-hybridized carbons (Fsp3) is 0.733. The predicted molar refractivity (Wildman–Crippen MR) is 228 cm³/mol. The van der Waals surface area contributed by atoms with Crippen LogP contribution in [0, 0.1) is 0 Å². The van der Waals surface area contributed by atoms with Gasteiger partial charge in [-0.3, -0.25) is 9.35 Å². The SMILES string of the molecule is CCCCCCCCCC=CC=CC=CC=CC=CC(=O)OC(C(CO)OC(=O)CCCCCCCCCCCCCCC)(C1O[C@H](C)[C@@H](O)[C@H](O)[C@H]1O)S(=O)(=O)O. The first-order chi connectivity index (χ1) is 27.9. The fourth-order valence-electron chi connectivity index (χ4n) is 6.91. The third-order valence-corrected chi connectivity index (χ3v) is 11.8. The molecule has 0 spiro atoms. The van der Waals surface area contributed by atoms with Gasteiger partial charge >= 0.3 is 27.0 Å². The Morgan fingerprint density at radius 2 is 1.10 bits per heavy atom. The molecule has 12 nitrogen and oxygen atoms in total. The van der Waals surface area contributed by atoms with E-state index in [1.165, 1.54) is 109 Å². The van der Waals surface area contributed by atoms with Crippen LogP contribution in [0.1, 0.15) is 162 Å². The first-order valence-corrected chi connectivity index (χ1v) is 23.3. The van der Waals surface area contributed by atoms with E-state index < -0.39 is 70.2 Å². The van der Waals surface area contributed by atoms with Crippen LogP contribution in [0.5, 0.6) is 0 Å². The van der Waals surface area contributed by atoms with Gasteiger partial charge in [0.05, 0.1) is 12.7 Å². The van der Waals surface area contributed by atoms with Crippen LogP contribution in [0.25, 0.3) is 0 Å². The van der Waals surface area contributed by atoms with Crippen molar-refractivity contribution in [3.63, 3.8) is 0 Å². The van der Waals surface area contributed by atoms with Gasteiger partial charge in [-0.2, -0.15) is 8.42 Å². The number of carbonyl (C=O) groups excluding carboxylic acids is 2. The lowest BCUT2D eigenvalue weighted by molar-refractivity contribution is -0.266. The summed E-state index contributed by atoms with van der Waals surface area (Å²) in [6, 6.07) is 0. The molecule has 1 aliphatic heterocycles. The van der Waals surface area contributed by atoms with Crippen LogP contribution in [0.15, 0.2) is 60.8 Å². The highest BCUT2D eigenvalue weighted by Gasteiger charge is 2.67. The molecule has 0 radical (unpaired) electrons. The van der Waals surface area contributed by atoms with Gasteiger partial charge in [0.25, 0.3) is 0 Å². The number of allylic oxidation sites excluding steroid dienone is 9. The normalized spacial score (nSPS) is 22.1. The van der Waals surface area contributed by atoms with Crippen molar-refractivity contribution in [2.24, 2.45) is 0 Å². The summed E-state index contributed by atoms with van der Waals surface area (Å²) in [5.74, 6) is -2.32. The summed E-state index contributed by atoms with van der Waals surface area (Å²) in [6.07, 6.45) is 28.2. The molecule has 1 rings (SSSR count). The Kier molecular flexibility index (Phi) is 29.6. The molecule has 0 aromatic heterocycles. The molecule has 0 saturated carbocycles. The molecular weight excluding hydrogens is 765 g/mol. The number of aliphatic hydroxyl groups excluding tert-OH is 4. The van der Waals surface area contributed by atoms with Crippen molar-refractivity contribution < 1.29 is 57.2 Å². The number of hydrogen-bond acceptors (Lipinski definition) is 11. The van der Waals surface area contributed by atoms with Crippen molar-refractivity contribution >= 4 is 22.1 Å². The Morgan fingerprint density at radius 3 is 1.59 bits per heavy atom. The second-order valence-electron chi connectivity index (χ2n) is 15.4. The maximum absolute atomic E-state index is 13.2. The van der Waals surface area contributed by atoms with E-state index in [9.17, 15) is 43.0 Å². The Bertz CT molecular complexity index is 1360. The van der Waals surface area contributed by atoms with E-state index in [2.05, 4.69) is 19.9 Å². The zero-order chi connectivity index (χ0) is 43.1. The third kappa shape index (κ3) is 21.0. The van der Waals surface area contributed by atoms with E-state index in [0.29, 0.717) is 12.8 Å². The molecule has 334 valence electrons. The molecule has 1 saturated heterocycles. The Morgan fingerprint density at radius 1 is 0.655 bits per heavy atom. The molecular formula is C45H76O12S. The minimum Gasteiger partial charge on any atom is -0.454 e. The monoisotopic (exact) mass is 841 g/mol. The number of esters is 2. The lowest BCUT2D eigenvalue weighted by Crippen LogP contribution is -2.71. The maximum atomic E-state index is 13.2. The van der Waals surface area contributed by atoms with Crippen LogP contribution < -0.4 is 0 Å². The van der Waals surface area contributed by atoms with Crippen molar-refractivity contribution in [1.82, 2.24) is 0 Å². The molecule has 13 heteroatoms. The van der Waals surface area contributed by atoms with Crippen molar-refractivity contribution in [3.05, 3.63) is 60.8 Å². The summed E-state index contributed by atoms with van der Waals surface area (Å²) >= 11 is 0. The highest BCUT2D eigenvalue weighted by Crippen LogP contribution is 2.38. The smallest absolute Gasteiger partial charge is 0.332 e. The van der Waals surface area contributed by atoms with Gasteiger partial charge in [0.2, 0.25) is 0 Å². The minimum atomic E-state index is -5.72. The van der Waals surface area contributed by atoms with Gasteiger partial charge in [-0.15, -0.1) is 0 Å². The molecule has 1 heterocycles. The van der Waals surface area contributed by atoms with Crippen LogP contribution in [0.3, 0.4) is 0 Å². The van der Waals surface area contributed by atoms with Gasteiger partial charge in [-0.1, -0.05) is 184 Å². The van der Waals surface area contributed by atoms with Gasteiger partial charge in [0.1, 0.15) is 24.4 Å². The summed E-state index contributed by atoms with van der Waals surface area (Å²) in [7, 11) is -5.72. The Balaban J connectivity index is 2.89. The molecule has 7 atom stereocenters. The number of aliphatic hydroxyl groups is 4. The van der Waals surface area contributed by atoms with Crippen molar-refractivity contribution in [1.29, 1.82) is 0 Å². The lowest BCUT2D eigenvalue weighted by Gasteiger charge is -2.47. The standard InChI is InChI=1S/C45H76O12S/c1-4-6-8-10-12-14-16-18-19-20-21-23-25-27-29-31-33-35-40(48)57-45(58(52,53)54,44-43(51)42(50)41(49)37(3)55-44)38(36-46)56-39(47)34-32-30-28-26-24-22-17-15-13-11-9-7-5-2/h19-21,23,25,27,29,31,33,35,37-38,41-44,46,49-51H,4-18,22,24,26,28,30,32,34,36H2,1-3H3,(H,52,53,54)/t37-,38?,41-,42+,43-,44?,45?/m1/s1. The predicted octanol–water partition coefficient (Wildman–Crippen LogP) is 8.29. The molecule has 0 aromatic rings. The summed E-state index contributed by atoms with van der Waals surface area (Å²) in [5.41, 5.74) is 0. The van der Waals surface area contributed by atoms with E-state index in [0.717, 1.165) is 38.2 Å². The molecule has 1 fully saturated rings. The highest BCUT2D eigenvalue weighted by molar-refractivity contribution is 7.87. The van der Waals surface area contributed by atoms with Crippen LogP contribution in [0.2, 0.25) is 0 Å². The number of unbranched alkanes of at least 4 members (excludes halogenated alkanes) is 19. The molecule has 0 bridgehead atoms. The largest absolute Gasteiger partial charge is 0.454 e. The first kappa shape index (κ1) is 53.4. The first-order valence-electron chi connectivity index (χ1n) is 21.9. The van der Waals surface area contributed by atoms with Crippen molar-refractivity contribution in [3.8, 4) is 0 Å². The highest BCUT2D eigenvalue weighted by atomic mass is 32.2. The van der Waals surface area contributed by atoms with E-state index in [-0.39, 0.29) is 6.42 Å². The minimum absolute atomic E-state index is 0.168. The molecule has 58 heavy (non-hydrogen) atoms. The molecule has 1 aliphatic rings. The molecule has 0 aromatic carbocycles. The van der Waals surface area contributed by atoms with Crippen molar-refractivity contribution in [2.45, 2.75) is 204 Å². The average Bonchev–Trinajstić information content (AvgIpc) is 3.19. The molecule has 3 unspecified atom stereocenters. The number of hydrogen-bond donors (Lipinski definition) is 5. The fourth-order valence-corrected chi connectivity index (χ4v) is 8.04. The zero-order valence-electron chi connectivity index (χ0n) is 35.5. The van der Waals surface area contributed by atoms with E-state index in [1.54, 1.807) is 18.2 Å². The van der Waals surface area contributed by atoms with Crippen LogP contribution in [-0.2, 0) is 33.9 Å². The molecule has 0 aliphatic carbocycles. The van der Waals surface area contributed by atoms with Crippen LogP contribution in [0.4, 0.5) is 0 Å². The van der Waals surface area contributed by atoms with Crippen LogP contribution in [-0.4, -0.2) is 93.5 Å². The maximum Gasteiger partial charge on any atom is 0.332 e. The van der Waals surface area contributed by atoms with E-state index in [4.69, 9.17) is 14.2 Å². The number of ether oxygens (including phenoxy) is 3. The average molecular weight is 841 g/mol. The second kappa shape index (κ2) is 32.2. The molecule has 5 N–H and O–H groups in total. The van der Waals surface area contributed by atoms with Crippen molar-refractivity contribution in [2.75, 3.05) is 6.61 Å². The van der Waals surface area contributed by atoms with Gasteiger partial charge in [-0.05, 0) is 26.2 Å². The summed E-state index contributed by atoms with van der Waals surface area (Å²) in [6.45, 7) is 4.38. The summed E-state index contributed by atoms with van der Waals surface area (Å²) in [4.78, 5) is 22.7. The molecule has 0 amide bonds. The van der Waals surface area contributed by atoms with E-state index >= 15 is 0 Å². The van der Waals surface area contributed by atoms with Gasteiger partial charge < -0.3 is 34.6 Å². The van der Waals surface area contributed by atoms with Gasteiger partial charge in [-0.25, -0.2) is 4.79 Å². The second-order valence-corrected chi connectivity index (χ2v) is 16.9. The third-order valence-electron chi connectivity index (χ3n) is 10.4. The number of carbonyl (C=O) groups is 2. The van der Waals surface area contributed by atoms with E-state index in [1.807, 2.05) is 18.2 Å². The zero-order valence-corrected chi connectivity index (χ0v) is 36.3. The quantitative estimate of drug-likeness (QED) is 0.0140. The summed E-state index contributed by atoms with van der Waals surface area (Å²) in [5, 5.41) is 42.1. The topological polar surface area (TPSA) is 197 Å². The van der Waals surface area contributed by atoms with Gasteiger partial charge in [0, 0.05) is 12.5 Å². The number of rotatable bonds is 33. The lowest BCUT2D eigenvalue weighted by atomic mass is 9.90. The van der Waals surface area contributed by atoms with Crippen LogP contribution >= 0.6 is 0 Å². The Hall–Kier alpha value is -2.65. The summed E-state index contributed by atoms with van der Waals surface area (Å²) < 4.78 is 53.2. The van der Waals surface area contributed by atoms with Gasteiger partial charge in [0.15, 0.2) is 6.10 Å².